The summed E-state index contributed by atoms with van der Waals surface area (Å²) in [6.45, 7) is 2.71. The first kappa shape index (κ1) is 19.6. The first-order chi connectivity index (χ1) is 15.0. The predicted octanol–water partition coefficient (Wildman–Crippen LogP) is 3.77. The van der Waals surface area contributed by atoms with Crippen LogP contribution in [0, 0.1) is 6.92 Å². The zero-order valence-electron chi connectivity index (χ0n) is 16.5. The SMILES string of the molecule is Cc1ccc2nc(Cn3cc(C(=O)NCc4ncn5ccc(Cl)c(Cl)c45)cn3)cn2c1. The van der Waals surface area contributed by atoms with Crippen molar-refractivity contribution in [1.29, 1.82) is 0 Å². The molecule has 0 aliphatic carbocycles. The topological polar surface area (TPSA) is 81.5 Å². The zero-order chi connectivity index (χ0) is 21.5. The van der Waals surface area contributed by atoms with Gasteiger partial charge in [-0.1, -0.05) is 29.3 Å². The Hall–Kier alpha value is -3.36. The van der Waals surface area contributed by atoms with Gasteiger partial charge in [0.1, 0.15) is 5.65 Å². The Labute approximate surface area is 187 Å². The van der Waals surface area contributed by atoms with Crippen molar-refractivity contribution >= 4 is 40.3 Å². The number of hydrogen-bond donors (Lipinski definition) is 1. The van der Waals surface area contributed by atoms with Gasteiger partial charge in [0.15, 0.2) is 0 Å². The highest BCUT2D eigenvalue weighted by molar-refractivity contribution is 6.44. The van der Waals surface area contributed by atoms with Crippen LogP contribution in [0.3, 0.4) is 0 Å². The molecule has 10 heteroatoms. The highest BCUT2D eigenvalue weighted by Crippen LogP contribution is 2.28. The molecule has 0 saturated heterocycles. The van der Waals surface area contributed by atoms with Gasteiger partial charge in [-0.3, -0.25) is 9.48 Å². The van der Waals surface area contributed by atoms with Crippen molar-refractivity contribution in [2.45, 2.75) is 20.0 Å². The van der Waals surface area contributed by atoms with E-state index in [1.165, 1.54) is 6.20 Å². The summed E-state index contributed by atoms with van der Waals surface area (Å²) in [5, 5.41) is 7.98. The maximum absolute atomic E-state index is 12.6. The first-order valence-corrected chi connectivity index (χ1v) is 10.3. The lowest BCUT2D eigenvalue weighted by atomic mass is 10.3. The van der Waals surface area contributed by atoms with Gasteiger partial charge in [-0.15, -0.1) is 0 Å². The molecule has 0 unspecified atom stereocenters. The molecule has 0 bridgehead atoms. The molecule has 156 valence electrons. The fraction of sp³-hybridized carbons (Fsp3) is 0.143. The first-order valence-electron chi connectivity index (χ1n) is 9.52. The summed E-state index contributed by atoms with van der Waals surface area (Å²) in [4.78, 5) is 21.5. The van der Waals surface area contributed by atoms with Crippen molar-refractivity contribution in [1.82, 2.24) is 33.9 Å². The minimum Gasteiger partial charge on any atom is -0.346 e. The van der Waals surface area contributed by atoms with Gasteiger partial charge in [0, 0.05) is 24.8 Å². The molecular formula is C21H17Cl2N7O. The maximum Gasteiger partial charge on any atom is 0.254 e. The summed E-state index contributed by atoms with van der Waals surface area (Å²) in [6.07, 6.45) is 10.6. The van der Waals surface area contributed by atoms with Crippen LogP contribution >= 0.6 is 23.2 Å². The lowest BCUT2D eigenvalue weighted by Gasteiger charge is -2.04. The number of amides is 1. The summed E-state index contributed by atoms with van der Waals surface area (Å²) in [5.41, 5.74) is 4.64. The third-order valence-corrected chi connectivity index (χ3v) is 5.75. The van der Waals surface area contributed by atoms with E-state index in [0.717, 1.165) is 16.9 Å². The maximum atomic E-state index is 12.6. The van der Waals surface area contributed by atoms with E-state index in [-0.39, 0.29) is 12.5 Å². The number of rotatable bonds is 5. The number of aromatic nitrogens is 6. The number of aryl methyl sites for hydroxylation is 1. The van der Waals surface area contributed by atoms with E-state index >= 15 is 0 Å². The van der Waals surface area contributed by atoms with E-state index in [1.807, 2.05) is 35.9 Å². The molecule has 0 aliphatic rings. The summed E-state index contributed by atoms with van der Waals surface area (Å²) >= 11 is 12.4. The van der Waals surface area contributed by atoms with Crippen LogP contribution in [0.4, 0.5) is 0 Å². The van der Waals surface area contributed by atoms with E-state index in [1.54, 1.807) is 33.9 Å². The number of hydrogen-bond acceptors (Lipinski definition) is 4. The van der Waals surface area contributed by atoms with Crippen LogP contribution in [0.2, 0.25) is 10.0 Å². The summed E-state index contributed by atoms with van der Waals surface area (Å²) in [7, 11) is 0. The number of imidazole rings is 2. The number of halogens is 2. The lowest BCUT2D eigenvalue weighted by Crippen LogP contribution is -2.22. The number of carbonyl (C=O) groups excluding carboxylic acids is 1. The Balaban J connectivity index is 1.28. The average molecular weight is 454 g/mol. The second-order valence-corrected chi connectivity index (χ2v) is 8.02. The molecule has 5 aromatic heterocycles. The molecule has 0 atom stereocenters. The van der Waals surface area contributed by atoms with Crippen LogP contribution in [0.5, 0.6) is 0 Å². The van der Waals surface area contributed by atoms with Crippen LogP contribution in [-0.4, -0.2) is 34.5 Å². The molecule has 0 aromatic carbocycles. The minimum atomic E-state index is -0.254. The van der Waals surface area contributed by atoms with Crippen molar-refractivity contribution in [2.75, 3.05) is 0 Å². The van der Waals surface area contributed by atoms with Crippen LogP contribution in [0.25, 0.3) is 11.2 Å². The van der Waals surface area contributed by atoms with Crippen molar-refractivity contribution in [2.24, 2.45) is 0 Å². The quantitative estimate of drug-likeness (QED) is 0.439. The van der Waals surface area contributed by atoms with Gasteiger partial charge >= 0.3 is 0 Å². The summed E-state index contributed by atoms with van der Waals surface area (Å²) < 4.78 is 5.44. The van der Waals surface area contributed by atoms with E-state index in [0.29, 0.717) is 33.4 Å². The Kier molecular flexibility index (Phi) is 4.88. The molecule has 0 aliphatic heterocycles. The van der Waals surface area contributed by atoms with E-state index < -0.39 is 0 Å². The molecule has 0 radical (unpaired) electrons. The van der Waals surface area contributed by atoms with E-state index in [9.17, 15) is 4.79 Å². The molecule has 5 rings (SSSR count). The van der Waals surface area contributed by atoms with Gasteiger partial charge in [0.05, 0.1) is 58.1 Å². The fourth-order valence-electron chi connectivity index (χ4n) is 3.45. The van der Waals surface area contributed by atoms with Gasteiger partial charge < -0.3 is 14.1 Å². The van der Waals surface area contributed by atoms with Gasteiger partial charge in [-0.25, -0.2) is 9.97 Å². The molecule has 0 fully saturated rings. The zero-order valence-corrected chi connectivity index (χ0v) is 18.0. The average Bonchev–Trinajstić information content (AvgIpc) is 3.47. The largest absolute Gasteiger partial charge is 0.346 e. The smallest absolute Gasteiger partial charge is 0.254 e. The second kappa shape index (κ2) is 7.72. The number of nitrogens with zero attached hydrogens (tertiary/aromatic N) is 6. The highest BCUT2D eigenvalue weighted by Gasteiger charge is 2.14. The van der Waals surface area contributed by atoms with Gasteiger partial charge in [0.2, 0.25) is 0 Å². The van der Waals surface area contributed by atoms with Crippen LogP contribution in [-0.2, 0) is 13.1 Å². The van der Waals surface area contributed by atoms with E-state index in [2.05, 4.69) is 20.4 Å². The van der Waals surface area contributed by atoms with Crippen molar-refractivity contribution < 1.29 is 4.79 Å². The third-order valence-electron chi connectivity index (χ3n) is 4.95. The van der Waals surface area contributed by atoms with E-state index in [4.69, 9.17) is 23.2 Å². The predicted molar refractivity (Wildman–Crippen MR) is 118 cm³/mol. The molecule has 5 heterocycles. The van der Waals surface area contributed by atoms with Gasteiger partial charge in [-0.05, 0) is 24.6 Å². The third kappa shape index (κ3) is 3.75. The molecule has 31 heavy (non-hydrogen) atoms. The fourth-order valence-corrected chi connectivity index (χ4v) is 3.86. The Bertz CT molecular complexity index is 1430. The van der Waals surface area contributed by atoms with Crippen LogP contribution in [0.15, 0.2) is 55.5 Å². The Morgan fingerprint density at radius 1 is 1.13 bits per heavy atom. The van der Waals surface area contributed by atoms with Crippen LogP contribution < -0.4 is 5.32 Å². The molecule has 0 spiro atoms. The van der Waals surface area contributed by atoms with Crippen LogP contribution in [0.1, 0.15) is 27.3 Å². The van der Waals surface area contributed by atoms with Gasteiger partial charge in [0.25, 0.3) is 5.91 Å². The summed E-state index contributed by atoms with van der Waals surface area (Å²) in [5.74, 6) is -0.254. The molecule has 0 saturated carbocycles. The second-order valence-electron chi connectivity index (χ2n) is 7.24. The lowest BCUT2D eigenvalue weighted by molar-refractivity contribution is 0.0950. The number of pyridine rings is 2. The van der Waals surface area contributed by atoms with Crippen molar-refractivity contribution in [3.63, 3.8) is 0 Å². The monoisotopic (exact) mass is 453 g/mol. The van der Waals surface area contributed by atoms with Gasteiger partial charge in [-0.2, -0.15) is 5.10 Å². The molecular weight excluding hydrogens is 437 g/mol. The Morgan fingerprint density at radius 2 is 2.00 bits per heavy atom. The standard InChI is InChI=1S/C21H17Cl2N7O/c1-13-2-3-18-27-15(10-29(18)8-13)11-30-9-14(6-26-30)21(31)24-7-17-20-19(23)16(22)4-5-28(20)12-25-17/h2-6,8-10,12H,7,11H2,1H3,(H,24,31). The Morgan fingerprint density at radius 3 is 2.87 bits per heavy atom. The summed E-state index contributed by atoms with van der Waals surface area (Å²) in [6, 6.07) is 5.69. The number of fused-ring (bicyclic) bond motifs is 2. The molecule has 1 N–H and O–H groups in total. The molecule has 8 nitrogen and oxygen atoms in total. The number of nitrogens with one attached hydrogen (secondary N) is 1. The highest BCUT2D eigenvalue weighted by atomic mass is 35.5. The molecule has 1 amide bonds. The minimum absolute atomic E-state index is 0.215. The normalized spacial score (nSPS) is 11.5. The van der Waals surface area contributed by atoms with Crippen molar-refractivity contribution in [3.05, 3.63) is 88.1 Å². The number of carbonyl (C=O) groups is 1. The molecule has 5 aromatic rings. The van der Waals surface area contributed by atoms with Crippen molar-refractivity contribution in [3.8, 4) is 0 Å².